The highest BCUT2D eigenvalue weighted by Gasteiger charge is 2.29. The summed E-state index contributed by atoms with van der Waals surface area (Å²) in [5, 5.41) is 7.62. The molecular formula is C13H13N5O2. The van der Waals surface area contributed by atoms with Crippen LogP contribution >= 0.6 is 0 Å². The monoisotopic (exact) mass is 271 g/mol. The van der Waals surface area contributed by atoms with Gasteiger partial charge in [0.15, 0.2) is 0 Å². The highest BCUT2D eigenvalue weighted by atomic mass is 16.5. The third kappa shape index (κ3) is 2.71. The fourth-order valence-electron chi connectivity index (χ4n) is 2.08. The summed E-state index contributed by atoms with van der Waals surface area (Å²) >= 11 is 0. The average molecular weight is 271 g/mol. The van der Waals surface area contributed by atoms with Crippen molar-refractivity contribution in [1.82, 2.24) is 25.1 Å². The molecule has 1 aliphatic rings. The Morgan fingerprint density at radius 2 is 2.10 bits per heavy atom. The van der Waals surface area contributed by atoms with Gasteiger partial charge < -0.3 is 9.64 Å². The van der Waals surface area contributed by atoms with E-state index in [-0.39, 0.29) is 17.8 Å². The van der Waals surface area contributed by atoms with Crippen molar-refractivity contribution in [2.45, 2.75) is 12.5 Å². The van der Waals surface area contributed by atoms with Crippen molar-refractivity contribution >= 4 is 5.91 Å². The lowest BCUT2D eigenvalue weighted by molar-refractivity contribution is 0.0759. The third-order valence-electron chi connectivity index (χ3n) is 3.02. The number of hydrogen-bond acceptors (Lipinski definition) is 6. The molecule has 7 heteroatoms. The van der Waals surface area contributed by atoms with Gasteiger partial charge in [-0.3, -0.25) is 4.79 Å². The standard InChI is InChI=1S/C13H13N5O2/c19-13(12-14-5-2-6-15-12)18-8-4-10(9-18)20-11-3-1-7-16-17-11/h1-3,5-7,10H,4,8-9H2/t10-/m1/s1. The summed E-state index contributed by atoms with van der Waals surface area (Å²) < 4.78 is 5.68. The summed E-state index contributed by atoms with van der Waals surface area (Å²) in [6, 6.07) is 5.19. The lowest BCUT2D eigenvalue weighted by atomic mass is 10.3. The fraction of sp³-hybridized carbons (Fsp3) is 0.308. The number of amides is 1. The van der Waals surface area contributed by atoms with E-state index in [1.807, 2.05) is 0 Å². The molecule has 3 heterocycles. The topological polar surface area (TPSA) is 81.1 Å². The molecule has 0 saturated carbocycles. The van der Waals surface area contributed by atoms with Crippen molar-refractivity contribution in [3.05, 3.63) is 42.6 Å². The van der Waals surface area contributed by atoms with Crippen LogP contribution in [0, 0.1) is 0 Å². The Hall–Kier alpha value is -2.57. The van der Waals surface area contributed by atoms with Gasteiger partial charge in [0.1, 0.15) is 6.10 Å². The first-order valence-corrected chi connectivity index (χ1v) is 6.33. The summed E-state index contributed by atoms with van der Waals surface area (Å²) in [4.78, 5) is 21.8. The Morgan fingerprint density at radius 1 is 1.25 bits per heavy atom. The van der Waals surface area contributed by atoms with Crippen LogP contribution in [0.25, 0.3) is 0 Å². The minimum Gasteiger partial charge on any atom is -0.471 e. The first-order valence-electron chi connectivity index (χ1n) is 6.33. The van der Waals surface area contributed by atoms with Crippen molar-refractivity contribution in [3.8, 4) is 5.88 Å². The van der Waals surface area contributed by atoms with E-state index in [9.17, 15) is 4.79 Å². The van der Waals surface area contributed by atoms with Crippen LogP contribution in [0.4, 0.5) is 0 Å². The Balaban J connectivity index is 1.61. The van der Waals surface area contributed by atoms with Crippen LogP contribution in [0.5, 0.6) is 5.88 Å². The Labute approximate surface area is 115 Å². The molecule has 3 rings (SSSR count). The number of ether oxygens (including phenoxy) is 1. The number of likely N-dealkylation sites (tertiary alicyclic amines) is 1. The van der Waals surface area contributed by atoms with Crippen LogP contribution in [-0.2, 0) is 0 Å². The molecule has 1 aliphatic heterocycles. The van der Waals surface area contributed by atoms with Crippen LogP contribution in [0.3, 0.4) is 0 Å². The Bertz CT molecular complexity index is 578. The van der Waals surface area contributed by atoms with E-state index in [2.05, 4.69) is 20.2 Å². The second-order valence-corrected chi connectivity index (χ2v) is 4.41. The largest absolute Gasteiger partial charge is 0.471 e. The summed E-state index contributed by atoms with van der Waals surface area (Å²) in [5.74, 6) is 0.520. The summed E-state index contributed by atoms with van der Waals surface area (Å²) in [6.45, 7) is 1.13. The van der Waals surface area contributed by atoms with Gasteiger partial charge in [-0.05, 0) is 12.1 Å². The van der Waals surface area contributed by atoms with Crippen LogP contribution < -0.4 is 4.74 Å². The first-order chi connectivity index (χ1) is 9.83. The summed E-state index contributed by atoms with van der Waals surface area (Å²) in [5.41, 5.74) is 0. The van der Waals surface area contributed by atoms with E-state index in [1.165, 1.54) is 0 Å². The SMILES string of the molecule is O=C(c1ncccn1)N1CC[C@@H](Oc2cccnn2)C1. The molecule has 0 radical (unpaired) electrons. The van der Waals surface area contributed by atoms with E-state index in [0.29, 0.717) is 19.0 Å². The number of carbonyl (C=O) groups is 1. The molecule has 102 valence electrons. The van der Waals surface area contributed by atoms with Crippen molar-refractivity contribution < 1.29 is 9.53 Å². The maximum absolute atomic E-state index is 12.2. The van der Waals surface area contributed by atoms with Gasteiger partial charge in [-0.15, -0.1) is 5.10 Å². The van der Waals surface area contributed by atoms with Gasteiger partial charge in [0, 0.05) is 37.6 Å². The van der Waals surface area contributed by atoms with Gasteiger partial charge >= 0.3 is 0 Å². The lowest BCUT2D eigenvalue weighted by Gasteiger charge is -2.15. The molecule has 0 unspecified atom stereocenters. The molecule has 1 fully saturated rings. The highest BCUT2D eigenvalue weighted by molar-refractivity contribution is 5.90. The second-order valence-electron chi connectivity index (χ2n) is 4.41. The molecule has 0 spiro atoms. The first kappa shape index (κ1) is 12.5. The van der Waals surface area contributed by atoms with Gasteiger partial charge in [0.2, 0.25) is 11.7 Å². The van der Waals surface area contributed by atoms with Crippen molar-refractivity contribution in [2.24, 2.45) is 0 Å². The zero-order chi connectivity index (χ0) is 13.8. The smallest absolute Gasteiger partial charge is 0.291 e. The minimum atomic E-state index is -0.171. The van der Waals surface area contributed by atoms with E-state index in [4.69, 9.17) is 4.74 Å². The predicted molar refractivity (Wildman–Crippen MR) is 69.0 cm³/mol. The fourth-order valence-corrected chi connectivity index (χ4v) is 2.08. The summed E-state index contributed by atoms with van der Waals surface area (Å²) in [7, 11) is 0. The van der Waals surface area contributed by atoms with Gasteiger partial charge in [0.05, 0.1) is 6.54 Å². The normalized spacial score (nSPS) is 18.0. The number of rotatable bonds is 3. The van der Waals surface area contributed by atoms with Crippen molar-refractivity contribution in [3.63, 3.8) is 0 Å². The molecule has 2 aromatic rings. The molecule has 0 aliphatic carbocycles. The zero-order valence-electron chi connectivity index (χ0n) is 10.7. The molecule has 7 nitrogen and oxygen atoms in total. The molecule has 20 heavy (non-hydrogen) atoms. The molecule has 1 saturated heterocycles. The Kier molecular flexibility index (Phi) is 3.49. The van der Waals surface area contributed by atoms with E-state index < -0.39 is 0 Å². The van der Waals surface area contributed by atoms with Crippen molar-refractivity contribution in [2.75, 3.05) is 13.1 Å². The molecule has 2 aromatic heterocycles. The van der Waals surface area contributed by atoms with Crippen LogP contribution in [0.2, 0.25) is 0 Å². The molecule has 0 bridgehead atoms. The van der Waals surface area contributed by atoms with E-state index >= 15 is 0 Å². The number of nitrogens with zero attached hydrogens (tertiary/aromatic N) is 5. The second kappa shape index (κ2) is 5.60. The Morgan fingerprint density at radius 3 is 2.85 bits per heavy atom. The zero-order valence-corrected chi connectivity index (χ0v) is 10.7. The van der Waals surface area contributed by atoms with Gasteiger partial charge in [-0.1, -0.05) is 0 Å². The number of carbonyl (C=O) groups excluding carboxylic acids is 1. The quantitative estimate of drug-likeness (QED) is 0.811. The summed E-state index contributed by atoms with van der Waals surface area (Å²) in [6.07, 6.45) is 5.40. The van der Waals surface area contributed by atoms with Crippen LogP contribution in [0.15, 0.2) is 36.8 Å². The average Bonchev–Trinajstić information content (AvgIpc) is 2.97. The van der Waals surface area contributed by atoms with Crippen LogP contribution in [-0.4, -0.2) is 50.2 Å². The highest BCUT2D eigenvalue weighted by Crippen LogP contribution is 2.16. The van der Waals surface area contributed by atoms with Crippen molar-refractivity contribution in [1.29, 1.82) is 0 Å². The molecule has 0 aromatic carbocycles. The molecule has 0 N–H and O–H groups in total. The lowest BCUT2D eigenvalue weighted by Crippen LogP contribution is -2.32. The van der Waals surface area contributed by atoms with Crippen LogP contribution in [0.1, 0.15) is 17.0 Å². The predicted octanol–water partition coefficient (Wildman–Crippen LogP) is 0.560. The maximum Gasteiger partial charge on any atom is 0.291 e. The minimum absolute atomic E-state index is 0.0700. The number of aromatic nitrogens is 4. The van der Waals surface area contributed by atoms with Gasteiger partial charge in [-0.25, -0.2) is 9.97 Å². The van der Waals surface area contributed by atoms with Gasteiger partial charge in [-0.2, -0.15) is 5.10 Å². The molecule has 1 atom stereocenters. The number of hydrogen-bond donors (Lipinski definition) is 0. The van der Waals surface area contributed by atoms with E-state index in [1.54, 1.807) is 41.7 Å². The third-order valence-corrected chi connectivity index (χ3v) is 3.02. The molecule has 1 amide bonds. The maximum atomic E-state index is 12.2. The van der Waals surface area contributed by atoms with E-state index in [0.717, 1.165) is 6.42 Å². The molecular weight excluding hydrogens is 258 g/mol. The van der Waals surface area contributed by atoms with Gasteiger partial charge in [0.25, 0.3) is 5.91 Å².